The Morgan fingerprint density at radius 2 is 2.31 bits per heavy atom. The van der Waals surface area contributed by atoms with Gasteiger partial charge in [0.1, 0.15) is 0 Å². The van der Waals surface area contributed by atoms with Gasteiger partial charge < -0.3 is 5.73 Å². The summed E-state index contributed by atoms with van der Waals surface area (Å²) in [4.78, 5) is 7.09. The Kier molecular flexibility index (Phi) is 2.65. The van der Waals surface area contributed by atoms with E-state index in [4.69, 9.17) is 5.73 Å². The van der Waals surface area contributed by atoms with Crippen LogP contribution in [0.25, 0.3) is 0 Å². The van der Waals surface area contributed by atoms with E-state index >= 15 is 0 Å². The minimum atomic E-state index is 0.363. The van der Waals surface area contributed by atoms with Crippen molar-refractivity contribution in [3.8, 4) is 0 Å². The summed E-state index contributed by atoms with van der Waals surface area (Å²) in [5.74, 6) is 0. The minimum Gasteiger partial charge on any atom is -0.327 e. The van der Waals surface area contributed by atoms with E-state index in [-0.39, 0.29) is 0 Å². The zero-order valence-electron chi connectivity index (χ0n) is 9.60. The molecule has 1 aromatic rings. The first kappa shape index (κ1) is 10.2. The molecule has 2 unspecified atom stereocenters. The Morgan fingerprint density at radius 3 is 3.19 bits per heavy atom. The summed E-state index contributed by atoms with van der Waals surface area (Å²) in [7, 11) is 0. The molecule has 2 aliphatic rings. The van der Waals surface area contributed by atoms with Crippen LogP contribution in [0.3, 0.4) is 0 Å². The molecule has 3 rings (SSSR count). The summed E-state index contributed by atoms with van der Waals surface area (Å²) < 4.78 is 0. The van der Waals surface area contributed by atoms with Gasteiger partial charge in [0, 0.05) is 18.8 Å². The lowest BCUT2D eigenvalue weighted by molar-refractivity contribution is 0.147. The molecule has 0 radical (unpaired) electrons. The Bertz CT molecular complexity index is 377. The van der Waals surface area contributed by atoms with Crippen LogP contribution in [0.1, 0.15) is 36.6 Å². The van der Waals surface area contributed by atoms with Gasteiger partial charge in [-0.1, -0.05) is 6.07 Å². The van der Waals surface area contributed by atoms with Crippen LogP contribution in [0.2, 0.25) is 0 Å². The molecule has 0 spiro atoms. The second-order valence-corrected chi connectivity index (χ2v) is 5.00. The highest BCUT2D eigenvalue weighted by Gasteiger charge is 2.31. The molecule has 86 valence electrons. The van der Waals surface area contributed by atoms with Crippen LogP contribution in [-0.2, 0) is 6.42 Å². The van der Waals surface area contributed by atoms with Gasteiger partial charge in [-0.05, 0) is 43.9 Å². The molecule has 2 N–H and O–H groups in total. The highest BCUT2D eigenvalue weighted by Crippen LogP contribution is 2.35. The quantitative estimate of drug-likeness (QED) is 0.775. The second kappa shape index (κ2) is 4.15. The van der Waals surface area contributed by atoms with E-state index in [1.807, 2.05) is 12.3 Å². The van der Waals surface area contributed by atoms with Gasteiger partial charge in [0.25, 0.3) is 0 Å². The third-order valence-electron chi connectivity index (χ3n) is 3.86. The summed E-state index contributed by atoms with van der Waals surface area (Å²) in [5, 5.41) is 0. The highest BCUT2D eigenvalue weighted by atomic mass is 15.2. The maximum absolute atomic E-state index is 6.05. The molecule has 1 fully saturated rings. The van der Waals surface area contributed by atoms with Gasteiger partial charge >= 0.3 is 0 Å². The highest BCUT2D eigenvalue weighted by molar-refractivity contribution is 5.28. The van der Waals surface area contributed by atoms with E-state index in [0.717, 1.165) is 6.54 Å². The van der Waals surface area contributed by atoms with Crippen molar-refractivity contribution in [1.82, 2.24) is 9.88 Å². The molecule has 1 aliphatic heterocycles. The number of piperidine rings is 1. The van der Waals surface area contributed by atoms with Crippen molar-refractivity contribution in [2.75, 3.05) is 13.1 Å². The zero-order chi connectivity index (χ0) is 11.0. The lowest BCUT2D eigenvalue weighted by atomic mass is 10.0. The summed E-state index contributed by atoms with van der Waals surface area (Å²) >= 11 is 0. The molecule has 1 aromatic heterocycles. The number of aryl methyl sites for hydroxylation is 1. The van der Waals surface area contributed by atoms with Crippen molar-refractivity contribution >= 4 is 0 Å². The summed E-state index contributed by atoms with van der Waals surface area (Å²) in [5.41, 5.74) is 8.79. The van der Waals surface area contributed by atoms with Gasteiger partial charge in [0.15, 0.2) is 0 Å². The first-order valence-corrected chi connectivity index (χ1v) is 6.28. The smallest absolute Gasteiger partial charge is 0.0607 e. The molecule has 0 saturated carbocycles. The van der Waals surface area contributed by atoms with E-state index in [2.05, 4.69) is 16.0 Å². The predicted molar refractivity (Wildman–Crippen MR) is 64.1 cm³/mol. The molecule has 1 saturated heterocycles. The van der Waals surface area contributed by atoms with Crippen molar-refractivity contribution in [3.05, 3.63) is 29.6 Å². The standard InChI is InChI=1S/C13H19N3/c14-11-4-2-8-16(9-11)12-6-5-10-3-1-7-15-13(10)12/h1,3,7,11-12H,2,4-6,8-9,14H2. The number of nitrogens with zero attached hydrogens (tertiary/aromatic N) is 2. The first-order chi connectivity index (χ1) is 7.84. The predicted octanol–water partition coefficient (Wildman–Crippen LogP) is 1.49. The monoisotopic (exact) mass is 217 g/mol. The zero-order valence-corrected chi connectivity index (χ0v) is 9.60. The number of nitrogens with two attached hydrogens (primary N) is 1. The van der Waals surface area contributed by atoms with Gasteiger partial charge in [0.05, 0.1) is 11.7 Å². The third kappa shape index (κ3) is 1.74. The Labute approximate surface area is 96.7 Å². The average molecular weight is 217 g/mol. The molecule has 0 bridgehead atoms. The maximum atomic E-state index is 6.05. The van der Waals surface area contributed by atoms with Gasteiger partial charge in [0.2, 0.25) is 0 Å². The molecule has 3 nitrogen and oxygen atoms in total. The summed E-state index contributed by atoms with van der Waals surface area (Å²) in [6.45, 7) is 2.23. The number of hydrogen-bond acceptors (Lipinski definition) is 3. The first-order valence-electron chi connectivity index (χ1n) is 6.28. The molecule has 3 heteroatoms. The van der Waals surface area contributed by atoms with E-state index in [1.165, 1.54) is 43.5 Å². The Balaban J connectivity index is 1.81. The molecule has 2 heterocycles. The second-order valence-electron chi connectivity index (χ2n) is 5.00. The minimum absolute atomic E-state index is 0.363. The number of pyridine rings is 1. The van der Waals surface area contributed by atoms with Crippen LogP contribution in [0.5, 0.6) is 0 Å². The largest absolute Gasteiger partial charge is 0.327 e. The van der Waals surface area contributed by atoms with Crippen molar-refractivity contribution in [3.63, 3.8) is 0 Å². The number of hydrogen-bond donors (Lipinski definition) is 1. The number of aromatic nitrogens is 1. The molecule has 1 aliphatic carbocycles. The van der Waals surface area contributed by atoms with E-state index < -0.39 is 0 Å². The molecule has 0 aromatic carbocycles. The van der Waals surface area contributed by atoms with Gasteiger partial charge in [-0.2, -0.15) is 0 Å². The molecule has 16 heavy (non-hydrogen) atoms. The number of fused-ring (bicyclic) bond motifs is 1. The molecule has 0 amide bonds. The van der Waals surface area contributed by atoms with Crippen LogP contribution in [0, 0.1) is 0 Å². The number of rotatable bonds is 1. The van der Waals surface area contributed by atoms with E-state index in [1.54, 1.807) is 0 Å². The van der Waals surface area contributed by atoms with E-state index in [9.17, 15) is 0 Å². The van der Waals surface area contributed by atoms with Gasteiger partial charge in [-0.15, -0.1) is 0 Å². The van der Waals surface area contributed by atoms with Crippen LogP contribution < -0.4 is 5.73 Å². The van der Waals surface area contributed by atoms with Crippen LogP contribution in [0.15, 0.2) is 18.3 Å². The molecular weight excluding hydrogens is 198 g/mol. The van der Waals surface area contributed by atoms with Gasteiger partial charge in [-0.3, -0.25) is 9.88 Å². The lowest BCUT2D eigenvalue weighted by Gasteiger charge is -2.35. The average Bonchev–Trinajstić information content (AvgIpc) is 2.72. The lowest BCUT2D eigenvalue weighted by Crippen LogP contribution is -2.44. The van der Waals surface area contributed by atoms with Crippen LogP contribution >= 0.6 is 0 Å². The van der Waals surface area contributed by atoms with Crippen molar-refractivity contribution in [2.45, 2.75) is 37.8 Å². The molecule has 2 atom stereocenters. The van der Waals surface area contributed by atoms with Crippen molar-refractivity contribution < 1.29 is 0 Å². The number of likely N-dealkylation sites (tertiary alicyclic amines) is 1. The van der Waals surface area contributed by atoms with E-state index in [0.29, 0.717) is 12.1 Å². The fraction of sp³-hybridized carbons (Fsp3) is 0.615. The fourth-order valence-corrected chi connectivity index (χ4v) is 3.07. The maximum Gasteiger partial charge on any atom is 0.0607 e. The molecular formula is C13H19N3. The van der Waals surface area contributed by atoms with Crippen LogP contribution in [0.4, 0.5) is 0 Å². The fourth-order valence-electron chi connectivity index (χ4n) is 3.07. The van der Waals surface area contributed by atoms with Gasteiger partial charge in [-0.25, -0.2) is 0 Å². The topological polar surface area (TPSA) is 42.1 Å². The normalized spacial score (nSPS) is 30.3. The Hall–Kier alpha value is -0.930. The van der Waals surface area contributed by atoms with Crippen LogP contribution in [-0.4, -0.2) is 29.0 Å². The van der Waals surface area contributed by atoms with Crippen molar-refractivity contribution in [2.24, 2.45) is 5.73 Å². The Morgan fingerprint density at radius 1 is 1.38 bits per heavy atom. The SMILES string of the molecule is NC1CCCN(C2CCc3cccnc32)C1. The third-order valence-corrected chi connectivity index (χ3v) is 3.86. The van der Waals surface area contributed by atoms with Crippen molar-refractivity contribution in [1.29, 1.82) is 0 Å². The summed E-state index contributed by atoms with van der Waals surface area (Å²) in [6.07, 6.45) is 6.73. The summed E-state index contributed by atoms with van der Waals surface area (Å²) in [6, 6.07) is 5.15.